The molecule has 0 fully saturated rings. The molecule has 0 saturated carbocycles. The molecule has 2 aromatic carbocycles. The third kappa shape index (κ3) is 4.91. The van der Waals surface area contributed by atoms with Crippen LogP contribution in [0.15, 0.2) is 54.6 Å². The van der Waals surface area contributed by atoms with E-state index in [0.717, 1.165) is 11.5 Å². The minimum absolute atomic E-state index is 0.433. The first kappa shape index (κ1) is 15.6. The summed E-state index contributed by atoms with van der Waals surface area (Å²) < 4.78 is 5.82. The molecule has 0 spiro atoms. The number of hydrogen-bond acceptors (Lipinski definition) is 2. The molecule has 112 valence electrons. The van der Waals surface area contributed by atoms with Crippen molar-refractivity contribution in [3.05, 3.63) is 60.2 Å². The van der Waals surface area contributed by atoms with Crippen molar-refractivity contribution >= 4 is 0 Å². The molecular formula is C19H25NO. The maximum absolute atomic E-state index is 5.82. The zero-order valence-corrected chi connectivity index (χ0v) is 13.0. The molecule has 0 aliphatic rings. The van der Waals surface area contributed by atoms with Crippen LogP contribution in [0.1, 0.15) is 44.2 Å². The van der Waals surface area contributed by atoms with Gasteiger partial charge >= 0.3 is 0 Å². The number of hydrogen-bond donors (Lipinski definition) is 1. The summed E-state index contributed by atoms with van der Waals surface area (Å²) in [7, 11) is 2.03. The van der Waals surface area contributed by atoms with Crippen LogP contribution in [0.3, 0.4) is 0 Å². The summed E-state index contributed by atoms with van der Waals surface area (Å²) >= 11 is 0. The molecule has 1 atom stereocenters. The van der Waals surface area contributed by atoms with Crippen LogP contribution in [-0.4, -0.2) is 7.05 Å². The first-order valence-electron chi connectivity index (χ1n) is 7.83. The third-order valence-corrected chi connectivity index (χ3v) is 3.71. The minimum atomic E-state index is 0.433. The highest BCUT2D eigenvalue weighted by atomic mass is 16.5. The Morgan fingerprint density at radius 1 is 0.905 bits per heavy atom. The SMILES string of the molecule is CCCCCC(NC)c1ccc(Oc2ccccc2)cc1. The zero-order chi connectivity index (χ0) is 14.9. The van der Waals surface area contributed by atoms with E-state index in [1.165, 1.54) is 31.2 Å². The van der Waals surface area contributed by atoms with E-state index in [1.54, 1.807) is 0 Å². The van der Waals surface area contributed by atoms with Gasteiger partial charge in [0.2, 0.25) is 0 Å². The lowest BCUT2D eigenvalue weighted by molar-refractivity contribution is 0.480. The molecule has 1 unspecified atom stereocenters. The second-order valence-electron chi connectivity index (χ2n) is 5.32. The normalized spacial score (nSPS) is 12.1. The van der Waals surface area contributed by atoms with Crippen LogP contribution < -0.4 is 10.1 Å². The molecule has 0 aliphatic heterocycles. The van der Waals surface area contributed by atoms with Crippen LogP contribution in [0.25, 0.3) is 0 Å². The summed E-state index contributed by atoms with van der Waals surface area (Å²) in [6.45, 7) is 2.24. The molecule has 2 aromatic rings. The van der Waals surface area contributed by atoms with Crippen LogP contribution in [0.5, 0.6) is 11.5 Å². The van der Waals surface area contributed by atoms with Crippen molar-refractivity contribution in [1.29, 1.82) is 0 Å². The predicted octanol–water partition coefficient (Wildman–Crippen LogP) is 5.32. The van der Waals surface area contributed by atoms with Crippen molar-refractivity contribution in [3.63, 3.8) is 0 Å². The molecule has 0 radical (unpaired) electrons. The molecule has 0 heterocycles. The molecule has 2 rings (SSSR count). The standard InChI is InChI=1S/C19H25NO/c1-3-4-6-11-19(20-2)16-12-14-18(15-13-16)21-17-9-7-5-8-10-17/h5,7-10,12-15,19-20H,3-4,6,11H2,1-2H3. The topological polar surface area (TPSA) is 21.3 Å². The molecule has 2 heteroatoms. The summed E-state index contributed by atoms with van der Waals surface area (Å²) in [5.41, 5.74) is 1.33. The highest BCUT2D eigenvalue weighted by Gasteiger charge is 2.08. The lowest BCUT2D eigenvalue weighted by Gasteiger charge is -2.17. The molecule has 0 bridgehead atoms. The average molecular weight is 283 g/mol. The average Bonchev–Trinajstić information content (AvgIpc) is 2.54. The van der Waals surface area contributed by atoms with Crippen molar-refractivity contribution in [1.82, 2.24) is 5.32 Å². The molecule has 2 nitrogen and oxygen atoms in total. The van der Waals surface area contributed by atoms with Crippen LogP contribution in [0.2, 0.25) is 0 Å². The van der Waals surface area contributed by atoms with Gasteiger partial charge in [-0.3, -0.25) is 0 Å². The monoisotopic (exact) mass is 283 g/mol. The molecule has 1 N–H and O–H groups in total. The Bertz CT molecular complexity index is 507. The second kappa shape index (κ2) is 8.48. The molecule has 0 aromatic heterocycles. The van der Waals surface area contributed by atoms with Gasteiger partial charge in [0, 0.05) is 6.04 Å². The number of rotatable bonds is 8. The molecular weight excluding hydrogens is 258 g/mol. The number of benzene rings is 2. The van der Waals surface area contributed by atoms with E-state index in [9.17, 15) is 0 Å². The van der Waals surface area contributed by atoms with Crippen molar-refractivity contribution in [2.45, 2.75) is 38.6 Å². The maximum Gasteiger partial charge on any atom is 0.127 e. The summed E-state index contributed by atoms with van der Waals surface area (Å²) in [6.07, 6.45) is 5.02. The smallest absolute Gasteiger partial charge is 0.127 e. The van der Waals surface area contributed by atoms with Crippen LogP contribution in [-0.2, 0) is 0 Å². The molecule has 0 aliphatic carbocycles. The lowest BCUT2D eigenvalue weighted by Crippen LogP contribution is -2.16. The van der Waals surface area contributed by atoms with Gasteiger partial charge in [-0.15, -0.1) is 0 Å². The molecule has 0 amide bonds. The van der Waals surface area contributed by atoms with Gasteiger partial charge in [0.1, 0.15) is 11.5 Å². The second-order valence-corrected chi connectivity index (χ2v) is 5.32. The van der Waals surface area contributed by atoms with Crippen molar-refractivity contribution in [2.75, 3.05) is 7.05 Å². The Labute approximate surface area is 128 Å². The van der Waals surface area contributed by atoms with E-state index in [-0.39, 0.29) is 0 Å². The fraction of sp³-hybridized carbons (Fsp3) is 0.368. The highest BCUT2D eigenvalue weighted by Crippen LogP contribution is 2.25. The van der Waals surface area contributed by atoms with Gasteiger partial charge in [0.25, 0.3) is 0 Å². The van der Waals surface area contributed by atoms with E-state index in [0.29, 0.717) is 6.04 Å². The van der Waals surface area contributed by atoms with E-state index in [2.05, 4.69) is 24.4 Å². The molecule has 21 heavy (non-hydrogen) atoms. The van der Waals surface area contributed by atoms with Crippen molar-refractivity contribution < 1.29 is 4.74 Å². The zero-order valence-electron chi connectivity index (χ0n) is 13.0. The van der Waals surface area contributed by atoms with Crippen molar-refractivity contribution in [2.24, 2.45) is 0 Å². The van der Waals surface area contributed by atoms with Crippen LogP contribution in [0.4, 0.5) is 0 Å². The number of unbranched alkanes of at least 4 members (excludes halogenated alkanes) is 2. The van der Waals surface area contributed by atoms with Crippen LogP contribution in [0, 0.1) is 0 Å². The number of ether oxygens (including phenoxy) is 1. The Morgan fingerprint density at radius 3 is 2.19 bits per heavy atom. The number of para-hydroxylation sites is 1. The maximum atomic E-state index is 5.82. The highest BCUT2D eigenvalue weighted by molar-refractivity contribution is 5.33. The van der Waals surface area contributed by atoms with Crippen LogP contribution >= 0.6 is 0 Å². The van der Waals surface area contributed by atoms with Gasteiger partial charge < -0.3 is 10.1 Å². The van der Waals surface area contributed by atoms with Gasteiger partial charge in [-0.2, -0.15) is 0 Å². The minimum Gasteiger partial charge on any atom is -0.457 e. The number of nitrogens with one attached hydrogen (secondary N) is 1. The van der Waals surface area contributed by atoms with E-state index in [1.807, 2.05) is 49.5 Å². The summed E-state index contributed by atoms with van der Waals surface area (Å²) in [6, 6.07) is 18.7. The largest absolute Gasteiger partial charge is 0.457 e. The van der Waals surface area contributed by atoms with Gasteiger partial charge in [0.15, 0.2) is 0 Å². The Hall–Kier alpha value is -1.80. The van der Waals surface area contributed by atoms with Gasteiger partial charge in [-0.05, 0) is 43.3 Å². The predicted molar refractivity (Wildman–Crippen MR) is 88.9 cm³/mol. The third-order valence-electron chi connectivity index (χ3n) is 3.71. The lowest BCUT2D eigenvalue weighted by atomic mass is 10.0. The Balaban J connectivity index is 1.97. The first-order chi connectivity index (χ1) is 10.3. The quantitative estimate of drug-likeness (QED) is 0.662. The fourth-order valence-corrected chi connectivity index (χ4v) is 2.47. The summed E-state index contributed by atoms with van der Waals surface area (Å²) in [5.74, 6) is 1.76. The summed E-state index contributed by atoms with van der Waals surface area (Å²) in [5, 5.41) is 3.41. The van der Waals surface area contributed by atoms with E-state index < -0.39 is 0 Å². The van der Waals surface area contributed by atoms with Gasteiger partial charge in [-0.25, -0.2) is 0 Å². The van der Waals surface area contributed by atoms with E-state index in [4.69, 9.17) is 4.74 Å². The van der Waals surface area contributed by atoms with Gasteiger partial charge in [0.05, 0.1) is 0 Å². The van der Waals surface area contributed by atoms with E-state index >= 15 is 0 Å². The Kier molecular flexibility index (Phi) is 6.29. The Morgan fingerprint density at radius 2 is 1.57 bits per heavy atom. The molecule has 0 saturated heterocycles. The summed E-state index contributed by atoms with van der Waals surface area (Å²) in [4.78, 5) is 0. The van der Waals surface area contributed by atoms with Crippen molar-refractivity contribution in [3.8, 4) is 11.5 Å². The fourth-order valence-electron chi connectivity index (χ4n) is 2.47. The van der Waals surface area contributed by atoms with Gasteiger partial charge in [-0.1, -0.05) is 56.5 Å². The first-order valence-corrected chi connectivity index (χ1v) is 7.83.